The molecule has 0 atom stereocenters. The zero-order valence-electron chi connectivity index (χ0n) is 19.0. The van der Waals surface area contributed by atoms with Gasteiger partial charge in [-0.2, -0.15) is 5.26 Å². The monoisotopic (exact) mass is 401 g/mol. The van der Waals surface area contributed by atoms with Gasteiger partial charge in [-0.15, -0.1) is 0 Å². The molecule has 1 N–H and O–H groups in total. The molecular weight excluding hydrogens is 358 g/mol. The number of allylic oxidation sites excluding steroid dienone is 3. The number of hydrogen-bond acceptors (Lipinski definition) is 3. The maximum Gasteiger partial charge on any atom is 0.261 e. The molecule has 0 radical (unpaired) electrons. The second-order valence-corrected chi connectivity index (χ2v) is 8.18. The first-order chi connectivity index (χ1) is 14.2. The first-order valence-electron chi connectivity index (χ1n) is 12.1. The van der Waals surface area contributed by atoms with E-state index >= 15 is 0 Å². The average molecular weight is 402 g/mol. The van der Waals surface area contributed by atoms with Crippen LogP contribution in [0.5, 0.6) is 0 Å². The van der Waals surface area contributed by atoms with Crippen molar-refractivity contribution in [2.45, 2.75) is 104 Å². The SMILES string of the molecule is CCCCCCCCCCCCCCNC(=O)C(C#N)=CC=C1CCCN1CC. The first kappa shape index (κ1) is 25.3. The summed E-state index contributed by atoms with van der Waals surface area (Å²) in [6, 6.07) is 2.04. The summed E-state index contributed by atoms with van der Waals surface area (Å²) < 4.78 is 0. The van der Waals surface area contributed by atoms with Gasteiger partial charge in [0.2, 0.25) is 0 Å². The number of hydrogen-bond donors (Lipinski definition) is 1. The molecule has 0 aromatic carbocycles. The van der Waals surface area contributed by atoms with E-state index in [4.69, 9.17) is 0 Å². The number of likely N-dealkylation sites (tertiary alicyclic amines) is 1. The summed E-state index contributed by atoms with van der Waals surface area (Å²) in [7, 11) is 0. The summed E-state index contributed by atoms with van der Waals surface area (Å²) in [4.78, 5) is 14.5. The average Bonchev–Trinajstić information content (AvgIpc) is 3.19. The number of carbonyl (C=O) groups excluding carboxylic acids is 1. The van der Waals surface area contributed by atoms with Crippen LogP contribution in [0.4, 0.5) is 0 Å². The van der Waals surface area contributed by atoms with Gasteiger partial charge in [0, 0.05) is 25.3 Å². The predicted octanol–water partition coefficient (Wildman–Crippen LogP) is 6.25. The smallest absolute Gasteiger partial charge is 0.261 e. The van der Waals surface area contributed by atoms with Crippen LogP contribution in [0.2, 0.25) is 0 Å². The Morgan fingerprint density at radius 3 is 2.14 bits per heavy atom. The highest BCUT2D eigenvalue weighted by Gasteiger charge is 2.14. The fourth-order valence-corrected chi connectivity index (χ4v) is 3.91. The van der Waals surface area contributed by atoms with E-state index in [9.17, 15) is 10.1 Å². The quantitative estimate of drug-likeness (QED) is 0.189. The van der Waals surface area contributed by atoms with E-state index in [1.54, 1.807) is 6.08 Å². The van der Waals surface area contributed by atoms with Gasteiger partial charge in [0.1, 0.15) is 11.6 Å². The van der Waals surface area contributed by atoms with Crippen LogP contribution < -0.4 is 5.32 Å². The van der Waals surface area contributed by atoms with Crippen molar-refractivity contribution in [1.29, 1.82) is 5.26 Å². The van der Waals surface area contributed by atoms with Crippen molar-refractivity contribution in [3.63, 3.8) is 0 Å². The molecule has 1 rings (SSSR count). The maximum absolute atomic E-state index is 12.2. The minimum absolute atomic E-state index is 0.208. The third kappa shape index (κ3) is 11.7. The van der Waals surface area contributed by atoms with Gasteiger partial charge in [0.05, 0.1) is 0 Å². The molecule has 4 nitrogen and oxygen atoms in total. The van der Waals surface area contributed by atoms with Crippen LogP contribution >= 0.6 is 0 Å². The van der Waals surface area contributed by atoms with Gasteiger partial charge in [-0.1, -0.05) is 77.6 Å². The molecule has 0 saturated carbocycles. The molecule has 1 saturated heterocycles. The van der Waals surface area contributed by atoms with Gasteiger partial charge in [-0.3, -0.25) is 4.79 Å². The topological polar surface area (TPSA) is 56.1 Å². The summed E-state index contributed by atoms with van der Waals surface area (Å²) >= 11 is 0. The van der Waals surface area contributed by atoms with Crippen molar-refractivity contribution in [1.82, 2.24) is 10.2 Å². The second-order valence-electron chi connectivity index (χ2n) is 8.18. The molecule has 0 aromatic rings. The predicted molar refractivity (Wildman–Crippen MR) is 122 cm³/mol. The van der Waals surface area contributed by atoms with Gasteiger partial charge in [-0.05, 0) is 38.3 Å². The van der Waals surface area contributed by atoms with Crippen LogP contribution in [0.15, 0.2) is 23.4 Å². The molecule has 0 aliphatic carbocycles. The minimum Gasteiger partial charge on any atom is -0.375 e. The Morgan fingerprint density at radius 2 is 1.59 bits per heavy atom. The number of amides is 1. The third-order valence-electron chi connectivity index (χ3n) is 5.77. The van der Waals surface area contributed by atoms with Crippen LogP contribution in [-0.2, 0) is 4.79 Å². The van der Waals surface area contributed by atoms with Gasteiger partial charge in [0.15, 0.2) is 0 Å². The molecule has 164 valence electrons. The van der Waals surface area contributed by atoms with E-state index < -0.39 is 0 Å². The Bertz CT molecular complexity index is 545. The van der Waals surface area contributed by atoms with E-state index in [0.717, 1.165) is 38.8 Å². The molecular formula is C25H43N3O. The number of nitrogens with zero attached hydrogens (tertiary/aromatic N) is 2. The lowest BCUT2D eigenvalue weighted by Crippen LogP contribution is -2.25. The molecule has 0 unspecified atom stereocenters. The van der Waals surface area contributed by atoms with Crippen molar-refractivity contribution >= 4 is 5.91 Å². The molecule has 1 heterocycles. The van der Waals surface area contributed by atoms with Crippen LogP contribution in [0.3, 0.4) is 0 Å². The summed E-state index contributed by atoms with van der Waals surface area (Å²) in [5, 5.41) is 12.2. The van der Waals surface area contributed by atoms with Crippen molar-refractivity contribution in [3.05, 3.63) is 23.4 Å². The molecule has 0 bridgehead atoms. The largest absolute Gasteiger partial charge is 0.375 e. The number of carbonyl (C=O) groups is 1. The molecule has 29 heavy (non-hydrogen) atoms. The summed E-state index contributed by atoms with van der Waals surface area (Å²) in [6.07, 6.45) is 21.5. The Balaban J connectivity index is 2.07. The lowest BCUT2D eigenvalue weighted by atomic mass is 10.1. The van der Waals surface area contributed by atoms with E-state index in [0.29, 0.717) is 6.54 Å². The normalized spacial score (nSPS) is 15.7. The fourth-order valence-electron chi connectivity index (χ4n) is 3.91. The zero-order chi connectivity index (χ0) is 21.2. The van der Waals surface area contributed by atoms with Gasteiger partial charge < -0.3 is 10.2 Å². The summed E-state index contributed by atoms with van der Waals surface area (Å²) in [5.41, 5.74) is 1.44. The molecule has 0 aromatic heterocycles. The fraction of sp³-hybridized carbons (Fsp3) is 0.760. The Morgan fingerprint density at radius 1 is 1.00 bits per heavy atom. The molecule has 1 aliphatic rings. The van der Waals surface area contributed by atoms with Crippen LogP contribution in [0.1, 0.15) is 104 Å². The second kappa shape index (κ2) is 17.1. The van der Waals surface area contributed by atoms with Gasteiger partial charge >= 0.3 is 0 Å². The number of nitriles is 1. The Labute approximate surface area is 179 Å². The lowest BCUT2D eigenvalue weighted by molar-refractivity contribution is -0.117. The maximum atomic E-state index is 12.2. The van der Waals surface area contributed by atoms with Crippen LogP contribution in [0, 0.1) is 11.3 Å². The molecule has 1 fully saturated rings. The van der Waals surface area contributed by atoms with Crippen LogP contribution in [0.25, 0.3) is 0 Å². The van der Waals surface area contributed by atoms with Crippen molar-refractivity contribution in [2.75, 3.05) is 19.6 Å². The van der Waals surface area contributed by atoms with Gasteiger partial charge in [-0.25, -0.2) is 0 Å². The highest BCUT2D eigenvalue weighted by Crippen LogP contribution is 2.20. The molecule has 1 aliphatic heterocycles. The van der Waals surface area contributed by atoms with Crippen molar-refractivity contribution in [3.8, 4) is 6.07 Å². The van der Waals surface area contributed by atoms with E-state index in [1.807, 2.05) is 12.1 Å². The number of nitrogens with one attached hydrogen (secondary N) is 1. The Kier molecular flexibility index (Phi) is 14.9. The molecule has 4 heteroatoms. The van der Waals surface area contributed by atoms with E-state index in [2.05, 4.69) is 24.1 Å². The minimum atomic E-state index is -0.242. The standard InChI is InChI=1S/C25H43N3O/c1-3-5-6-7-8-9-10-11-12-13-14-15-20-27-25(29)23(22-26)18-19-24-17-16-21-28(24)4-2/h18-19H,3-17,20-21H2,1-2H3,(H,27,29). The lowest BCUT2D eigenvalue weighted by Gasteiger charge is -2.16. The first-order valence-corrected chi connectivity index (χ1v) is 12.1. The summed E-state index contributed by atoms with van der Waals surface area (Å²) in [5.74, 6) is -0.242. The highest BCUT2D eigenvalue weighted by molar-refractivity contribution is 5.97. The van der Waals surface area contributed by atoms with E-state index in [-0.39, 0.29) is 11.5 Å². The third-order valence-corrected chi connectivity index (χ3v) is 5.77. The number of rotatable bonds is 16. The van der Waals surface area contributed by atoms with Crippen molar-refractivity contribution in [2.24, 2.45) is 0 Å². The summed E-state index contributed by atoms with van der Waals surface area (Å²) in [6.45, 7) is 7.11. The van der Waals surface area contributed by atoms with Crippen molar-refractivity contribution < 1.29 is 4.79 Å². The molecule has 1 amide bonds. The van der Waals surface area contributed by atoms with E-state index in [1.165, 1.54) is 69.9 Å². The van der Waals surface area contributed by atoms with Gasteiger partial charge in [0.25, 0.3) is 5.91 Å². The molecule has 0 spiro atoms. The Hall–Kier alpha value is -1.76. The number of unbranched alkanes of at least 4 members (excludes halogenated alkanes) is 11. The van der Waals surface area contributed by atoms with Crippen LogP contribution in [-0.4, -0.2) is 30.4 Å². The highest BCUT2D eigenvalue weighted by atomic mass is 16.1. The zero-order valence-corrected chi connectivity index (χ0v) is 19.0.